The molecule has 0 aromatic heterocycles. The van der Waals surface area contributed by atoms with Crippen LogP contribution in [0.3, 0.4) is 0 Å². The molecule has 0 aliphatic rings. The second-order valence-electron chi connectivity index (χ2n) is 1.14. The Bertz CT molecular complexity index is 50.2. The molecular formula is C3H8FN2O. The summed E-state index contributed by atoms with van der Waals surface area (Å²) in [7, 11) is 0. The molecule has 0 saturated carbocycles. The van der Waals surface area contributed by atoms with Crippen molar-refractivity contribution >= 4 is 0 Å². The Kier molecular flexibility index (Phi) is 2.82. The summed E-state index contributed by atoms with van der Waals surface area (Å²) in [5, 5.41) is 8.19. The van der Waals surface area contributed by atoms with E-state index in [0.29, 0.717) is 0 Å². The van der Waals surface area contributed by atoms with Gasteiger partial charge in [-0.3, -0.25) is 5.84 Å². The molecule has 4 heteroatoms. The van der Waals surface area contributed by atoms with Crippen LogP contribution >= 0.6 is 0 Å². The summed E-state index contributed by atoms with van der Waals surface area (Å²) in [5.74, 6) is 4.55. The van der Waals surface area contributed by atoms with Gasteiger partial charge in [0.1, 0.15) is 0 Å². The maximum atomic E-state index is 11.7. The Labute approximate surface area is 41.3 Å². The zero-order valence-corrected chi connectivity index (χ0v) is 3.76. The fourth-order valence-electron chi connectivity index (χ4n) is 0.111. The smallest absolute Gasteiger partial charge is 0.189 e. The molecule has 0 aliphatic carbocycles. The lowest BCUT2D eigenvalue weighted by Crippen LogP contribution is -2.39. The predicted octanol–water partition coefficient (Wildman–Crippen LogP) is -1.06. The predicted molar refractivity (Wildman–Crippen MR) is 23.6 cm³/mol. The van der Waals surface area contributed by atoms with Gasteiger partial charge < -0.3 is 5.11 Å². The van der Waals surface area contributed by atoms with Gasteiger partial charge in [-0.25, -0.2) is 9.82 Å². The average molecular weight is 107 g/mol. The molecule has 3 nitrogen and oxygen atoms in total. The van der Waals surface area contributed by atoms with Gasteiger partial charge in [0, 0.05) is 0 Å². The van der Waals surface area contributed by atoms with E-state index in [0.717, 1.165) is 0 Å². The fraction of sp³-hybridized carbons (Fsp3) is 0.667. The van der Waals surface area contributed by atoms with E-state index in [1.54, 1.807) is 5.43 Å². The van der Waals surface area contributed by atoms with Crippen LogP contribution in [0.15, 0.2) is 0 Å². The van der Waals surface area contributed by atoms with Crippen molar-refractivity contribution in [3.63, 3.8) is 0 Å². The third kappa shape index (κ3) is 2.50. The van der Waals surface area contributed by atoms with Gasteiger partial charge in [0.15, 0.2) is 6.30 Å². The van der Waals surface area contributed by atoms with Crippen LogP contribution in [0.4, 0.5) is 4.39 Å². The lowest BCUT2D eigenvalue weighted by atomic mass is 10.4. The summed E-state index contributed by atoms with van der Waals surface area (Å²) < 4.78 is 11.7. The first-order valence-electron chi connectivity index (χ1n) is 1.80. The topological polar surface area (TPSA) is 58.3 Å². The number of hydrogen-bond acceptors (Lipinski definition) is 3. The molecule has 2 unspecified atom stereocenters. The van der Waals surface area contributed by atoms with Crippen LogP contribution in [0, 0.1) is 6.92 Å². The maximum Gasteiger partial charge on any atom is 0.189 e. The van der Waals surface area contributed by atoms with Crippen molar-refractivity contribution in [2.45, 2.75) is 12.4 Å². The van der Waals surface area contributed by atoms with Crippen molar-refractivity contribution < 1.29 is 9.50 Å². The van der Waals surface area contributed by atoms with Crippen molar-refractivity contribution in [1.82, 2.24) is 5.43 Å². The number of aliphatic hydroxyl groups excluding tert-OH is 1. The second kappa shape index (κ2) is 2.90. The van der Waals surface area contributed by atoms with Gasteiger partial charge >= 0.3 is 0 Å². The molecule has 0 aliphatic heterocycles. The quantitative estimate of drug-likeness (QED) is 0.239. The monoisotopic (exact) mass is 107 g/mol. The molecule has 1 radical (unpaired) electrons. The first-order chi connectivity index (χ1) is 3.18. The number of alkyl halides is 1. The molecule has 4 N–H and O–H groups in total. The Balaban J connectivity index is 3.14. The molecule has 0 fully saturated rings. The number of hydrazine groups is 1. The third-order valence-corrected chi connectivity index (χ3v) is 0.497. The highest BCUT2D eigenvalue weighted by molar-refractivity contribution is 4.62. The van der Waals surface area contributed by atoms with E-state index in [9.17, 15) is 4.39 Å². The normalized spacial score (nSPS) is 18.9. The van der Waals surface area contributed by atoms with E-state index in [-0.39, 0.29) is 0 Å². The van der Waals surface area contributed by atoms with Crippen LogP contribution in [-0.2, 0) is 0 Å². The minimum Gasteiger partial charge on any atom is -0.389 e. The van der Waals surface area contributed by atoms with Gasteiger partial charge in [-0.2, -0.15) is 0 Å². The molecular weight excluding hydrogens is 99.0 g/mol. The van der Waals surface area contributed by atoms with Crippen molar-refractivity contribution in [1.29, 1.82) is 0 Å². The molecule has 0 heterocycles. The molecule has 43 valence electrons. The fourth-order valence-corrected chi connectivity index (χ4v) is 0.111. The first kappa shape index (κ1) is 6.81. The molecule has 0 spiro atoms. The highest BCUT2D eigenvalue weighted by Gasteiger charge is 2.08. The van der Waals surface area contributed by atoms with Gasteiger partial charge in [0.2, 0.25) is 0 Å². The lowest BCUT2D eigenvalue weighted by molar-refractivity contribution is 0.0910. The summed E-state index contributed by atoms with van der Waals surface area (Å²) in [6.45, 7) is 2.95. The van der Waals surface area contributed by atoms with Gasteiger partial charge in [-0.1, -0.05) is 0 Å². The molecule has 0 aromatic carbocycles. The van der Waals surface area contributed by atoms with Gasteiger partial charge in [0.25, 0.3) is 0 Å². The summed E-state index contributed by atoms with van der Waals surface area (Å²) in [4.78, 5) is 0. The van der Waals surface area contributed by atoms with E-state index < -0.39 is 12.4 Å². The van der Waals surface area contributed by atoms with E-state index in [2.05, 4.69) is 12.8 Å². The molecule has 0 bridgehead atoms. The Morgan fingerprint density at radius 1 is 1.86 bits per heavy atom. The van der Waals surface area contributed by atoms with Crippen molar-refractivity contribution in [3.8, 4) is 0 Å². The van der Waals surface area contributed by atoms with Gasteiger partial charge in [-0.15, -0.1) is 0 Å². The highest BCUT2D eigenvalue weighted by Crippen LogP contribution is 1.88. The molecule has 2 atom stereocenters. The lowest BCUT2D eigenvalue weighted by Gasteiger charge is -2.06. The number of rotatable bonds is 2. The third-order valence-electron chi connectivity index (χ3n) is 0.497. The van der Waals surface area contributed by atoms with Crippen molar-refractivity contribution in [3.05, 3.63) is 6.92 Å². The van der Waals surface area contributed by atoms with Crippen LogP contribution in [0.2, 0.25) is 0 Å². The number of nitrogens with one attached hydrogen (secondary N) is 1. The summed E-state index contributed by atoms with van der Waals surface area (Å²) in [6.07, 6.45) is -2.91. The van der Waals surface area contributed by atoms with E-state index >= 15 is 0 Å². The second-order valence-corrected chi connectivity index (χ2v) is 1.14. The van der Waals surface area contributed by atoms with Gasteiger partial charge in [-0.05, 0) is 6.92 Å². The summed E-state index contributed by atoms with van der Waals surface area (Å²) in [5.41, 5.74) is 1.69. The molecule has 7 heavy (non-hydrogen) atoms. The number of hydrogen-bond donors (Lipinski definition) is 3. The Hall–Kier alpha value is -0.190. The molecule has 0 amide bonds. The first-order valence-corrected chi connectivity index (χ1v) is 1.80. The highest BCUT2D eigenvalue weighted by atomic mass is 19.1. The van der Waals surface area contributed by atoms with E-state index in [1.165, 1.54) is 0 Å². The van der Waals surface area contributed by atoms with Crippen molar-refractivity contribution in [2.24, 2.45) is 5.84 Å². The Morgan fingerprint density at radius 2 is 2.29 bits per heavy atom. The zero-order chi connectivity index (χ0) is 5.86. The molecule has 0 aromatic rings. The van der Waals surface area contributed by atoms with Gasteiger partial charge in [0.05, 0.1) is 6.10 Å². The molecule has 0 saturated heterocycles. The number of halogens is 1. The SMILES string of the molecule is [CH2]C(O)C(F)NN. The van der Waals surface area contributed by atoms with Crippen LogP contribution in [-0.4, -0.2) is 17.5 Å². The van der Waals surface area contributed by atoms with Crippen molar-refractivity contribution in [2.75, 3.05) is 0 Å². The molecule has 0 rings (SSSR count). The van der Waals surface area contributed by atoms with E-state index in [4.69, 9.17) is 5.11 Å². The summed E-state index contributed by atoms with van der Waals surface area (Å²) in [6, 6.07) is 0. The number of aliphatic hydroxyl groups is 1. The minimum absolute atomic E-state index is 1.29. The summed E-state index contributed by atoms with van der Waals surface area (Å²) >= 11 is 0. The standard InChI is InChI=1S/C3H8FN2O/c1-2(7)3(4)6-5/h2-3,6-7H,1,5H2. The van der Waals surface area contributed by atoms with Crippen LogP contribution in [0.25, 0.3) is 0 Å². The zero-order valence-electron chi connectivity index (χ0n) is 3.76. The van der Waals surface area contributed by atoms with E-state index in [1.807, 2.05) is 0 Å². The maximum absolute atomic E-state index is 11.7. The number of nitrogens with two attached hydrogens (primary N) is 1. The largest absolute Gasteiger partial charge is 0.389 e. The average Bonchev–Trinajstić information content (AvgIpc) is 1.65. The van der Waals surface area contributed by atoms with Crippen LogP contribution in [0.5, 0.6) is 0 Å². The van der Waals surface area contributed by atoms with Crippen LogP contribution < -0.4 is 11.3 Å². The minimum atomic E-state index is -1.63. The Morgan fingerprint density at radius 3 is 2.29 bits per heavy atom. The van der Waals surface area contributed by atoms with Crippen LogP contribution in [0.1, 0.15) is 0 Å².